The topological polar surface area (TPSA) is 24.8 Å². The van der Waals surface area contributed by atoms with Gasteiger partial charge in [-0.25, -0.2) is 5.01 Å². The van der Waals surface area contributed by atoms with Crippen molar-refractivity contribution in [1.82, 2.24) is 5.01 Å². The molecule has 2 aliphatic rings. The van der Waals surface area contributed by atoms with Crippen LogP contribution in [0.5, 0.6) is 5.75 Å². The summed E-state index contributed by atoms with van der Waals surface area (Å²) in [7, 11) is 0. The lowest BCUT2D eigenvalue weighted by Crippen LogP contribution is -2.33. The molecule has 0 aliphatic carbocycles. The van der Waals surface area contributed by atoms with E-state index in [9.17, 15) is 0 Å². The molecule has 3 heterocycles. The smallest absolute Gasteiger partial charge is 0.213 e. The molecule has 0 N–H and O–H groups in total. The van der Waals surface area contributed by atoms with Crippen LogP contribution in [-0.2, 0) is 0 Å². The van der Waals surface area contributed by atoms with E-state index in [0.717, 1.165) is 38.5 Å². The highest BCUT2D eigenvalue weighted by molar-refractivity contribution is 9.10. The van der Waals surface area contributed by atoms with Crippen LogP contribution in [-0.4, -0.2) is 10.7 Å². The highest BCUT2D eigenvalue weighted by Crippen LogP contribution is 2.48. The van der Waals surface area contributed by atoms with E-state index in [1.807, 2.05) is 30.3 Å². The van der Waals surface area contributed by atoms with Crippen molar-refractivity contribution in [3.8, 4) is 5.75 Å². The molecule has 0 bridgehead atoms. The molecule has 0 saturated carbocycles. The van der Waals surface area contributed by atoms with Crippen molar-refractivity contribution in [3.63, 3.8) is 0 Å². The van der Waals surface area contributed by atoms with Gasteiger partial charge in [-0.3, -0.25) is 0 Å². The third-order valence-electron chi connectivity index (χ3n) is 4.71. The zero-order valence-corrected chi connectivity index (χ0v) is 16.8. The number of hydrogen-bond donors (Lipinski definition) is 0. The van der Waals surface area contributed by atoms with E-state index >= 15 is 0 Å². The van der Waals surface area contributed by atoms with Gasteiger partial charge in [0, 0.05) is 27.0 Å². The van der Waals surface area contributed by atoms with Crippen LogP contribution in [0.2, 0.25) is 5.02 Å². The van der Waals surface area contributed by atoms with Gasteiger partial charge in [-0.15, -0.1) is 11.3 Å². The molecule has 1 aromatic heterocycles. The van der Waals surface area contributed by atoms with E-state index in [4.69, 9.17) is 21.4 Å². The van der Waals surface area contributed by atoms with Gasteiger partial charge >= 0.3 is 0 Å². The fraction of sp³-hybridized carbons (Fsp3) is 0.150. The number of benzene rings is 2. The lowest BCUT2D eigenvalue weighted by atomic mass is 9.97. The maximum absolute atomic E-state index is 6.34. The van der Waals surface area contributed by atoms with Crippen molar-refractivity contribution in [2.45, 2.75) is 18.7 Å². The first-order chi connectivity index (χ1) is 12.7. The Kier molecular flexibility index (Phi) is 4.03. The minimum Gasteiger partial charge on any atom is -0.464 e. The van der Waals surface area contributed by atoms with E-state index in [2.05, 4.69) is 50.6 Å². The summed E-state index contributed by atoms with van der Waals surface area (Å²) in [5.74, 6) is 0.881. The molecule has 130 valence electrons. The molecule has 3 nitrogen and oxygen atoms in total. The Morgan fingerprint density at radius 1 is 1.15 bits per heavy atom. The molecule has 26 heavy (non-hydrogen) atoms. The molecule has 0 fully saturated rings. The third-order valence-corrected chi connectivity index (χ3v) is 6.40. The predicted molar refractivity (Wildman–Crippen MR) is 109 cm³/mol. The number of halogens is 2. The number of nitrogens with zero attached hydrogens (tertiary/aromatic N) is 2. The molecule has 0 saturated heterocycles. The second kappa shape index (κ2) is 6.41. The molecule has 3 aromatic rings. The first kappa shape index (κ1) is 16.4. The molecule has 2 atom stereocenters. The Labute approximate surface area is 169 Å². The fourth-order valence-electron chi connectivity index (χ4n) is 3.50. The van der Waals surface area contributed by atoms with Gasteiger partial charge in [0.25, 0.3) is 0 Å². The standard InChI is InChI=1S/C20H14BrClN2OS/c21-13-5-3-12(4-6-13)20-24-17(11-16(23-24)19-2-1-9-26-19)15-10-14(22)7-8-18(15)25-20/h1-10,17,20H,11H2/t17-,20-/m0/s1. The van der Waals surface area contributed by atoms with Crippen LogP contribution in [0.4, 0.5) is 0 Å². The molecule has 0 radical (unpaired) electrons. The van der Waals surface area contributed by atoms with Crippen LogP contribution in [0.15, 0.2) is 69.6 Å². The molecular formula is C20H14BrClN2OS. The van der Waals surface area contributed by atoms with Gasteiger partial charge in [-0.1, -0.05) is 45.7 Å². The summed E-state index contributed by atoms with van der Waals surface area (Å²) in [5, 5.41) is 9.83. The minimum absolute atomic E-state index is 0.128. The van der Waals surface area contributed by atoms with Crippen LogP contribution in [0, 0.1) is 0 Å². The van der Waals surface area contributed by atoms with E-state index in [1.54, 1.807) is 11.3 Å². The summed E-state index contributed by atoms with van der Waals surface area (Å²) < 4.78 is 7.39. The van der Waals surface area contributed by atoms with E-state index < -0.39 is 0 Å². The largest absolute Gasteiger partial charge is 0.464 e. The maximum Gasteiger partial charge on any atom is 0.213 e. The van der Waals surface area contributed by atoms with Gasteiger partial charge in [-0.05, 0) is 41.8 Å². The van der Waals surface area contributed by atoms with Gasteiger partial charge in [0.2, 0.25) is 6.23 Å². The molecule has 2 aliphatic heterocycles. The van der Waals surface area contributed by atoms with Crippen LogP contribution in [0.3, 0.4) is 0 Å². The zero-order chi connectivity index (χ0) is 17.7. The summed E-state index contributed by atoms with van der Waals surface area (Å²) in [6.07, 6.45) is 0.601. The Morgan fingerprint density at radius 2 is 2.00 bits per heavy atom. The number of thiophene rings is 1. The predicted octanol–water partition coefficient (Wildman–Crippen LogP) is 6.41. The number of ether oxygens (including phenoxy) is 1. The molecule has 6 heteroatoms. The zero-order valence-electron chi connectivity index (χ0n) is 13.6. The van der Waals surface area contributed by atoms with Crippen molar-refractivity contribution in [3.05, 3.63) is 85.5 Å². The first-order valence-corrected chi connectivity index (χ1v) is 10.4. The Bertz CT molecular complexity index is 988. The number of hydrogen-bond acceptors (Lipinski definition) is 4. The molecule has 0 unspecified atom stereocenters. The Morgan fingerprint density at radius 3 is 2.77 bits per heavy atom. The minimum atomic E-state index is -0.251. The van der Waals surface area contributed by atoms with Gasteiger partial charge in [-0.2, -0.15) is 5.10 Å². The molecule has 0 amide bonds. The van der Waals surface area contributed by atoms with Crippen LogP contribution >= 0.6 is 38.9 Å². The van der Waals surface area contributed by atoms with Crippen molar-refractivity contribution >= 4 is 44.6 Å². The Hall–Kier alpha value is -1.82. The summed E-state index contributed by atoms with van der Waals surface area (Å²) >= 11 is 11.5. The van der Waals surface area contributed by atoms with E-state index in [0.29, 0.717) is 0 Å². The summed E-state index contributed by atoms with van der Waals surface area (Å²) in [6.45, 7) is 0. The second-order valence-electron chi connectivity index (χ2n) is 6.33. The van der Waals surface area contributed by atoms with E-state index in [1.165, 1.54) is 4.88 Å². The fourth-order valence-corrected chi connectivity index (χ4v) is 4.66. The normalized spacial score (nSPS) is 21.0. The van der Waals surface area contributed by atoms with Crippen LogP contribution in [0.1, 0.15) is 34.7 Å². The lowest BCUT2D eigenvalue weighted by Gasteiger charge is -2.38. The van der Waals surface area contributed by atoms with Crippen LogP contribution < -0.4 is 4.74 Å². The monoisotopic (exact) mass is 444 g/mol. The molecule has 2 aromatic carbocycles. The van der Waals surface area contributed by atoms with Gasteiger partial charge in [0.15, 0.2) is 0 Å². The third kappa shape index (κ3) is 2.75. The van der Waals surface area contributed by atoms with Gasteiger partial charge in [0.05, 0.1) is 16.6 Å². The summed E-state index contributed by atoms with van der Waals surface area (Å²) in [6, 6.07) is 18.4. The van der Waals surface area contributed by atoms with Crippen LogP contribution in [0.25, 0.3) is 0 Å². The highest BCUT2D eigenvalue weighted by atomic mass is 79.9. The quantitative estimate of drug-likeness (QED) is 0.455. The Balaban J connectivity index is 1.61. The average Bonchev–Trinajstić information content (AvgIpc) is 3.32. The molecule has 0 spiro atoms. The highest BCUT2D eigenvalue weighted by Gasteiger charge is 2.41. The van der Waals surface area contributed by atoms with Crippen molar-refractivity contribution in [2.24, 2.45) is 5.10 Å². The SMILES string of the molecule is Clc1ccc2c(c1)[C@@H]1CC(c3cccs3)=NN1[C@H](c1ccc(Br)cc1)O2. The summed E-state index contributed by atoms with van der Waals surface area (Å²) in [4.78, 5) is 1.21. The lowest BCUT2D eigenvalue weighted by molar-refractivity contribution is -0.0190. The number of rotatable bonds is 2. The number of hydrazone groups is 1. The molecule has 5 rings (SSSR count). The van der Waals surface area contributed by atoms with Gasteiger partial charge in [0.1, 0.15) is 5.75 Å². The van der Waals surface area contributed by atoms with E-state index in [-0.39, 0.29) is 12.3 Å². The molecular weight excluding hydrogens is 432 g/mol. The number of fused-ring (bicyclic) bond motifs is 3. The van der Waals surface area contributed by atoms with Crippen molar-refractivity contribution in [2.75, 3.05) is 0 Å². The summed E-state index contributed by atoms with van der Waals surface area (Å²) in [5.41, 5.74) is 3.28. The van der Waals surface area contributed by atoms with Crippen molar-refractivity contribution < 1.29 is 4.74 Å². The average molecular weight is 446 g/mol. The van der Waals surface area contributed by atoms with Gasteiger partial charge < -0.3 is 4.74 Å². The second-order valence-corrected chi connectivity index (χ2v) is 8.63. The first-order valence-electron chi connectivity index (χ1n) is 8.30. The van der Waals surface area contributed by atoms with Crippen molar-refractivity contribution in [1.29, 1.82) is 0 Å². The maximum atomic E-state index is 6.34.